The summed E-state index contributed by atoms with van der Waals surface area (Å²) in [5.41, 5.74) is -1.50. The molecule has 0 bridgehead atoms. The molecular weight excluding hydrogens is 656 g/mol. The van der Waals surface area contributed by atoms with Crippen LogP contribution in [0, 0.1) is 13.8 Å². The molecule has 0 unspecified atom stereocenters. The van der Waals surface area contributed by atoms with Gasteiger partial charge in [-0.25, -0.2) is 4.79 Å². The first-order valence-electron chi connectivity index (χ1n) is 15.4. The summed E-state index contributed by atoms with van der Waals surface area (Å²) in [6.45, 7) is 4.04. The number of amides is 1. The summed E-state index contributed by atoms with van der Waals surface area (Å²) in [6, 6.07) is 12.5. The van der Waals surface area contributed by atoms with E-state index in [1.165, 1.54) is 24.3 Å². The molecular formula is C36H35F6NO6. The Kier molecular flexibility index (Phi) is 12.2. The van der Waals surface area contributed by atoms with Crippen molar-refractivity contribution in [1.82, 2.24) is 5.32 Å². The predicted molar refractivity (Wildman–Crippen MR) is 169 cm³/mol. The van der Waals surface area contributed by atoms with Crippen LogP contribution in [0.5, 0.6) is 5.75 Å². The van der Waals surface area contributed by atoms with Gasteiger partial charge in [-0.1, -0.05) is 37.1 Å². The van der Waals surface area contributed by atoms with Crippen molar-refractivity contribution in [2.24, 2.45) is 0 Å². The number of furan rings is 1. The van der Waals surface area contributed by atoms with Crippen molar-refractivity contribution in [1.29, 1.82) is 0 Å². The van der Waals surface area contributed by atoms with Gasteiger partial charge in [0.05, 0.1) is 17.7 Å². The van der Waals surface area contributed by atoms with Crippen molar-refractivity contribution in [3.63, 3.8) is 0 Å². The van der Waals surface area contributed by atoms with Gasteiger partial charge in [0.25, 0.3) is 5.91 Å². The molecule has 0 atom stereocenters. The maximum atomic E-state index is 13.6. The Morgan fingerprint density at radius 2 is 1.37 bits per heavy atom. The quantitative estimate of drug-likeness (QED) is 0.0953. The fourth-order valence-electron chi connectivity index (χ4n) is 5.20. The van der Waals surface area contributed by atoms with Crippen LogP contribution < -0.4 is 10.1 Å². The zero-order valence-corrected chi connectivity index (χ0v) is 26.8. The number of nitrogens with one attached hydrogen (secondary N) is 1. The summed E-state index contributed by atoms with van der Waals surface area (Å²) >= 11 is 0. The molecule has 3 aromatic carbocycles. The highest BCUT2D eigenvalue weighted by Crippen LogP contribution is 2.43. The summed E-state index contributed by atoms with van der Waals surface area (Å²) in [5.74, 6) is -0.710. The van der Waals surface area contributed by atoms with E-state index in [1.54, 1.807) is 0 Å². The lowest BCUT2D eigenvalue weighted by molar-refractivity contribution is -0.139. The van der Waals surface area contributed by atoms with Crippen molar-refractivity contribution >= 4 is 11.9 Å². The van der Waals surface area contributed by atoms with Crippen LogP contribution in [-0.4, -0.2) is 36.7 Å². The lowest BCUT2D eigenvalue weighted by Gasteiger charge is -2.19. The molecule has 1 amide bonds. The molecule has 1 heterocycles. The van der Waals surface area contributed by atoms with Crippen LogP contribution >= 0.6 is 0 Å². The van der Waals surface area contributed by atoms with E-state index in [-0.39, 0.29) is 40.1 Å². The number of aliphatic carboxylic acids is 1. The van der Waals surface area contributed by atoms with Gasteiger partial charge in [0, 0.05) is 35.4 Å². The van der Waals surface area contributed by atoms with Crippen molar-refractivity contribution < 1.29 is 54.9 Å². The van der Waals surface area contributed by atoms with Crippen molar-refractivity contribution in [2.45, 2.75) is 58.5 Å². The second-order valence-electron chi connectivity index (χ2n) is 11.4. The molecule has 4 aromatic rings. The minimum Gasteiger partial charge on any atom is -0.481 e. The van der Waals surface area contributed by atoms with E-state index < -0.39 is 42.0 Å². The summed E-state index contributed by atoms with van der Waals surface area (Å²) in [7, 11) is 0. The lowest BCUT2D eigenvalue weighted by Crippen LogP contribution is -2.24. The molecule has 0 fully saturated rings. The van der Waals surface area contributed by atoms with Crippen LogP contribution in [-0.2, 0) is 28.5 Å². The van der Waals surface area contributed by atoms with Crippen LogP contribution in [0.3, 0.4) is 0 Å². The highest BCUT2D eigenvalue weighted by molar-refractivity contribution is 5.99. The molecule has 1 aromatic heterocycles. The average Bonchev–Trinajstić information content (AvgIpc) is 3.37. The van der Waals surface area contributed by atoms with Crippen molar-refractivity contribution in [3.05, 3.63) is 101 Å². The molecule has 7 nitrogen and oxygen atoms in total. The Bertz CT molecular complexity index is 1680. The fourth-order valence-corrected chi connectivity index (χ4v) is 5.20. The van der Waals surface area contributed by atoms with E-state index in [1.807, 2.05) is 19.9 Å². The van der Waals surface area contributed by atoms with Crippen LogP contribution in [0.1, 0.15) is 64.3 Å². The number of hydrogen-bond donors (Lipinski definition) is 2. The highest BCUT2D eigenvalue weighted by Gasteiger charge is 2.32. The van der Waals surface area contributed by atoms with E-state index in [4.69, 9.17) is 13.9 Å². The number of halogens is 6. The molecule has 0 aliphatic rings. The van der Waals surface area contributed by atoms with E-state index in [0.29, 0.717) is 19.6 Å². The normalized spacial score (nSPS) is 11.8. The predicted octanol–water partition coefficient (Wildman–Crippen LogP) is 9.24. The van der Waals surface area contributed by atoms with E-state index in [0.717, 1.165) is 72.7 Å². The van der Waals surface area contributed by atoms with Crippen molar-refractivity contribution in [3.8, 4) is 28.0 Å². The minimum atomic E-state index is -4.74. The molecule has 2 N–H and O–H groups in total. The number of aryl methyl sites for hydroxylation is 2. The van der Waals surface area contributed by atoms with Gasteiger partial charge < -0.3 is 24.3 Å². The number of ether oxygens (including phenoxy) is 2. The van der Waals surface area contributed by atoms with Gasteiger partial charge in [0.1, 0.15) is 17.3 Å². The average molecular weight is 692 g/mol. The van der Waals surface area contributed by atoms with Gasteiger partial charge in [0.15, 0.2) is 6.61 Å². The standard InChI is InChI=1S/C36H35F6NO6/c1-22-15-27(23(2)49-22)20-47-14-6-4-3-5-13-43-34(46)26-18-30(24-9-7-11-28(16-24)35(37,38)39)33(48-21-32(44)45)31(19-26)25-10-8-12-29(17-25)36(40,41)42/h7-12,15-19H,3-6,13-14,20-21H2,1-2H3,(H,43,46)(H,44,45). The summed E-state index contributed by atoms with van der Waals surface area (Å²) in [4.78, 5) is 24.8. The van der Waals surface area contributed by atoms with E-state index >= 15 is 0 Å². The first kappa shape index (κ1) is 37.0. The zero-order valence-electron chi connectivity index (χ0n) is 26.8. The number of hydrogen-bond acceptors (Lipinski definition) is 5. The molecule has 49 heavy (non-hydrogen) atoms. The highest BCUT2D eigenvalue weighted by atomic mass is 19.4. The van der Waals surface area contributed by atoms with Crippen LogP contribution in [0.4, 0.5) is 26.3 Å². The number of alkyl halides is 6. The van der Waals surface area contributed by atoms with Gasteiger partial charge in [-0.2, -0.15) is 26.3 Å². The Morgan fingerprint density at radius 3 is 1.88 bits per heavy atom. The monoisotopic (exact) mass is 691 g/mol. The second kappa shape index (κ2) is 16.1. The fraction of sp³-hybridized carbons (Fsp3) is 0.333. The van der Waals surface area contributed by atoms with Gasteiger partial charge >= 0.3 is 18.3 Å². The first-order valence-corrected chi connectivity index (χ1v) is 15.4. The van der Waals surface area contributed by atoms with Gasteiger partial charge in [-0.05, 0) is 80.3 Å². The molecule has 13 heteroatoms. The second-order valence-corrected chi connectivity index (χ2v) is 11.4. The molecule has 0 saturated heterocycles. The number of benzene rings is 3. The number of carboxylic acid groups (broad SMARTS) is 1. The zero-order chi connectivity index (χ0) is 35.8. The van der Waals surface area contributed by atoms with Crippen LogP contribution in [0.15, 0.2) is 71.1 Å². The maximum absolute atomic E-state index is 13.6. The first-order chi connectivity index (χ1) is 23.1. The van der Waals surface area contributed by atoms with Gasteiger partial charge in [-0.3, -0.25) is 4.79 Å². The molecule has 0 radical (unpaired) electrons. The number of unbranched alkanes of at least 4 members (excludes halogenated alkanes) is 3. The number of carbonyl (C=O) groups excluding carboxylic acids is 1. The smallest absolute Gasteiger partial charge is 0.416 e. The molecule has 4 rings (SSSR count). The maximum Gasteiger partial charge on any atom is 0.416 e. The molecule has 262 valence electrons. The van der Waals surface area contributed by atoms with Gasteiger partial charge in [-0.15, -0.1) is 0 Å². The summed E-state index contributed by atoms with van der Waals surface area (Å²) < 4.78 is 98.5. The lowest BCUT2D eigenvalue weighted by atomic mass is 9.92. The van der Waals surface area contributed by atoms with Crippen LogP contribution in [0.2, 0.25) is 0 Å². The minimum absolute atomic E-state index is 0.0688. The number of carbonyl (C=O) groups is 2. The molecule has 0 aliphatic carbocycles. The molecule has 0 aliphatic heterocycles. The van der Waals surface area contributed by atoms with Crippen molar-refractivity contribution in [2.75, 3.05) is 19.8 Å². The van der Waals surface area contributed by atoms with E-state index in [2.05, 4.69) is 5.32 Å². The Hall–Kier alpha value is -4.78. The Balaban J connectivity index is 1.55. The number of rotatable bonds is 15. The van der Waals surface area contributed by atoms with Gasteiger partial charge in [0.2, 0.25) is 0 Å². The molecule has 0 spiro atoms. The number of carboxylic acids is 1. The van der Waals surface area contributed by atoms with E-state index in [9.17, 15) is 41.0 Å². The SMILES string of the molecule is Cc1cc(COCCCCCCNC(=O)c2cc(-c3cccc(C(F)(F)F)c3)c(OCC(=O)O)c(-c3cccc(C(F)(F)F)c3)c2)c(C)o1. The largest absolute Gasteiger partial charge is 0.481 e. The third-order valence-corrected chi connectivity index (χ3v) is 7.60. The topological polar surface area (TPSA) is 98.0 Å². The summed E-state index contributed by atoms with van der Waals surface area (Å²) in [6.07, 6.45) is -6.48. The third-order valence-electron chi connectivity index (χ3n) is 7.60. The third kappa shape index (κ3) is 10.4. The molecule has 0 saturated carbocycles. The Labute approximate surface area is 278 Å². The Morgan fingerprint density at radius 1 is 0.796 bits per heavy atom. The summed E-state index contributed by atoms with van der Waals surface area (Å²) in [5, 5.41) is 12.1. The van der Waals surface area contributed by atoms with Crippen LogP contribution in [0.25, 0.3) is 22.3 Å².